The zero-order chi connectivity index (χ0) is 13.1. The summed E-state index contributed by atoms with van der Waals surface area (Å²) in [6, 6.07) is 7.87. The molecule has 0 aliphatic rings. The van der Waals surface area contributed by atoms with Crippen LogP contribution in [0.5, 0.6) is 0 Å². The van der Waals surface area contributed by atoms with Crippen LogP contribution in [0.1, 0.15) is 22.8 Å². The molecule has 2 rings (SSSR count). The van der Waals surface area contributed by atoms with Crippen molar-refractivity contribution in [1.29, 1.82) is 0 Å². The number of hydrogen-bond donors (Lipinski definition) is 2. The maximum absolute atomic E-state index is 12.8. The number of aliphatic hydroxyl groups is 1. The molecule has 0 saturated heterocycles. The SMILES string of the molecule is Cc1cnc(N)c(C(O)Cc2ccc(F)cc2)c1. The van der Waals surface area contributed by atoms with Gasteiger partial charge in [0.25, 0.3) is 0 Å². The summed E-state index contributed by atoms with van der Waals surface area (Å²) in [7, 11) is 0. The van der Waals surface area contributed by atoms with Crippen molar-refractivity contribution in [2.24, 2.45) is 0 Å². The highest BCUT2D eigenvalue weighted by Crippen LogP contribution is 2.23. The van der Waals surface area contributed by atoms with Crippen molar-refractivity contribution >= 4 is 5.82 Å². The minimum absolute atomic E-state index is 0.287. The number of benzene rings is 1. The van der Waals surface area contributed by atoms with Gasteiger partial charge in [-0.05, 0) is 36.2 Å². The van der Waals surface area contributed by atoms with E-state index in [4.69, 9.17) is 5.73 Å². The lowest BCUT2D eigenvalue weighted by Crippen LogP contribution is -2.07. The second-order valence-electron chi connectivity index (χ2n) is 4.33. The van der Waals surface area contributed by atoms with Crippen LogP contribution in [-0.4, -0.2) is 10.1 Å². The molecule has 0 aliphatic carbocycles. The van der Waals surface area contributed by atoms with Crippen LogP contribution in [0, 0.1) is 12.7 Å². The molecule has 1 atom stereocenters. The lowest BCUT2D eigenvalue weighted by molar-refractivity contribution is 0.179. The Morgan fingerprint density at radius 1 is 1.33 bits per heavy atom. The fourth-order valence-corrected chi connectivity index (χ4v) is 1.82. The van der Waals surface area contributed by atoms with Crippen LogP contribution in [0.2, 0.25) is 0 Å². The number of aryl methyl sites for hydroxylation is 1. The first-order valence-corrected chi connectivity index (χ1v) is 5.71. The van der Waals surface area contributed by atoms with Gasteiger partial charge in [-0.25, -0.2) is 9.37 Å². The molecule has 1 heterocycles. The van der Waals surface area contributed by atoms with Gasteiger partial charge in [0.15, 0.2) is 0 Å². The predicted octanol–water partition coefficient (Wildman–Crippen LogP) is 2.39. The van der Waals surface area contributed by atoms with Gasteiger partial charge in [0.05, 0.1) is 6.10 Å². The fraction of sp³-hybridized carbons (Fsp3) is 0.214. The Morgan fingerprint density at radius 2 is 2.00 bits per heavy atom. The van der Waals surface area contributed by atoms with Crippen LogP contribution in [-0.2, 0) is 6.42 Å². The third kappa shape index (κ3) is 2.84. The molecule has 0 bridgehead atoms. The van der Waals surface area contributed by atoms with Crippen molar-refractivity contribution in [3.63, 3.8) is 0 Å². The van der Waals surface area contributed by atoms with Crippen LogP contribution in [0.4, 0.5) is 10.2 Å². The van der Waals surface area contributed by atoms with Gasteiger partial charge in [-0.3, -0.25) is 0 Å². The van der Waals surface area contributed by atoms with E-state index >= 15 is 0 Å². The number of halogens is 1. The number of nitrogens with zero attached hydrogens (tertiary/aromatic N) is 1. The molecule has 0 aliphatic heterocycles. The normalized spacial score (nSPS) is 12.4. The van der Waals surface area contributed by atoms with Crippen molar-refractivity contribution in [3.05, 3.63) is 59.0 Å². The Balaban J connectivity index is 2.18. The molecule has 1 unspecified atom stereocenters. The smallest absolute Gasteiger partial charge is 0.129 e. The molecular formula is C14H15FN2O. The van der Waals surface area contributed by atoms with Crippen molar-refractivity contribution in [2.45, 2.75) is 19.4 Å². The molecule has 3 N–H and O–H groups in total. The zero-order valence-corrected chi connectivity index (χ0v) is 10.1. The van der Waals surface area contributed by atoms with E-state index in [9.17, 15) is 9.50 Å². The first kappa shape index (κ1) is 12.5. The average molecular weight is 246 g/mol. The minimum Gasteiger partial charge on any atom is -0.388 e. The summed E-state index contributed by atoms with van der Waals surface area (Å²) in [4.78, 5) is 4.01. The van der Waals surface area contributed by atoms with Crippen LogP contribution in [0.25, 0.3) is 0 Å². The Labute approximate surface area is 105 Å². The molecule has 0 saturated carbocycles. The highest BCUT2D eigenvalue weighted by molar-refractivity contribution is 5.42. The van der Waals surface area contributed by atoms with E-state index in [2.05, 4.69) is 4.98 Å². The average Bonchev–Trinajstić information content (AvgIpc) is 2.35. The molecule has 1 aromatic heterocycles. The molecule has 0 fully saturated rings. The number of rotatable bonds is 3. The van der Waals surface area contributed by atoms with E-state index in [0.29, 0.717) is 17.8 Å². The molecule has 2 aromatic rings. The highest BCUT2D eigenvalue weighted by Gasteiger charge is 2.13. The third-order valence-corrected chi connectivity index (χ3v) is 2.79. The summed E-state index contributed by atoms with van der Waals surface area (Å²) in [6.07, 6.45) is 1.31. The van der Waals surface area contributed by atoms with Gasteiger partial charge in [-0.2, -0.15) is 0 Å². The number of anilines is 1. The summed E-state index contributed by atoms with van der Waals surface area (Å²) >= 11 is 0. The van der Waals surface area contributed by atoms with E-state index in [0.717, 1.165) is 11.1 Å². The molecule has 0 radical (unpaired) electrons. The van der Waals surface area contributed by atoms with Gasteiger partial charge in [0.1, 0.15) is 11.6 Å². The van der Waals surface area contributed by atoms with Crippen LogP contribution in [0.3, 0.4) is 0 Å². The van der Waals surface area contributed by atoms with Gasteiger partial charge in [0, 0.05) is 18.2 Å². The van der Waals surface area contributed by atoms with Gasteiger partial charge in [-0.15, -0.1) is 0 Å². The lowest BCUT2D eigenvalue weighted by Gasteiger charge is -2.13. The number of hydrogen-bond acceptors (Lipinski definition) is 3. The maximum atomic E-state index is 12.8. The minimum atomic E-state index is -0.733. The van der Waals surface area contributed by atoms with Crippen LogP contribution >= 0.6 is 0 Å². The fourth-order valence-electron chi connectivity index (χ4n) is 1.82. The molecule has 0 spiro atoms. The first-order chi connectivity index (χ1) is 8.56. The third-order valence-electron chi connectivity index (χ3n) is 2.79. The molecule has 18 heavy (non-hydrogen) atoms. The van der Waals surface area contributed by atoms with E-state index in [1.165, 1.54) is 12.1 Å². The number of pyridine rings is 1. The van der Waals surface area contributed by atoms with E-state index in [-0.39, 0.29) is 5.82 Å². The predicted molar refractivity (Wildman–Crippen MR) is 68.5 cm³/mol. The van der Waals surface area contributed by atoms with Gasteiger partial charge < -0.3 is 10.8 Å². The maximum Gasteiger partial charge on any atom is 0.129 e. The van der Waals surface area contributed by atoms with Crippen molar-refractivity contribution < 1.29 is 9.50 Å². The molecule has 0 amide bonds. The molecule has 3 nitrogen and oxygen atoms in total. The summed E-state index contributed by atoms with van der Waals surface area (Å²) in [6.45, 7) is 1.89. The Kier molecular flexibility index (Phi) is 3.58. The summed E-state index contributed by atoms with van der Waals surface area (Å²) in [5.41, 5.74) is 8.14. The largest absolute Gasteiger partial charge is 0.388 e. The summed E-state index contributed by atoms with van der Waals surface area (Å²) in [5.74, 6) is 0.0418. The monoisotopic (exact) mass is 246 g/mol. The van der Waals surface area contributed by atoms with Gasteiger partial charge in [0.2, 0.25) is 0 Å². The topological polar surface area (TPSA) is 59.1 Å². The summed E-state index contributed by atoms with van der Waals surface area (Å²) < 4.78 is 12.8. The van der Waals surface area contributed by atoms with E-state index < -0.39 is 6.10 Å². The lowest BCUT2D eigenvalue weighted by atomic mass is 10.0. The molecule has 1 aromatic carbocycles. The molecular weight excluding hydrogens is 231 g/mol. The van der Waals surface area contributed by atoms with Crippen LogP contribution < -0.4 is 5.73 Å². The van der Waals surface area contributed by atoms with Crippen molar-refractivity contribution in [1.82, 2.24) is 4.98 Å². The number of nitrogens with two attached hydrogens (primary N) is 1. The second-order valence-corrected chi connectivity index (χ2v) is 4.33. The number of aliphatic hydroxyl groups excluding tert-OH is 1. The highest BCUT2D eigenvalue weighted by atomic mass is 19.1. The standard InChI is InChI=1S/C14H15FN2O/c1-9-6-12(14(16)17-8-9)13(18)7-10-2-4-11(15)5-3-10/h2-6,8,13,18H,7H2,1H3,(H2,16,17). The second kappa shape index (κ2) is 5.14. The molecule has 4 heteroatoms. The first-order valence-electron chi connectivity index (χ1n) is 5.71. The number of nitrogen functional groups attached to an aromatic ring is 1. The number of aromatic nitrogens is 1. The van der Waals surface area contributed by atoms with Crippen molar-refractivity contribution in [3.8, 4) is 0 Å². The zero-order valence-electron chi connectivity index (χ0n) is 10.1. The van der Waals surface area contributed by atoms with Gasteiger partial charge in [-0.1, -0.05) is 12.1 Å². The van der Waals surface area contributed by atoms with E-state index in [1.807, 2.05) is 13.0 Å². The Hall–Kier alpha value is -1.94. The molecule has 94 valence electrons. The van der Waals surface area contributed by atoms with Crippen molar-refractivity contribution in [2.75, 3.05) is 5.73 Å². The Morgan fingerprint density at radius 3 is 2.67 bits per heavy atom. The summed E-state index contributed by atoms with van der Waals surface area (Å²) in [5, 5.41) is 10.1. The van der Waals surface area contributed by atoms with Crippen LogP contribution in [0.15, 0.2) is 36.5 Å². The van der Waals surface area contributed by atoms with E-state index in [1.54, 1.807) is 18.3 Å². The Bertz CT molecular complexity index is 540. The van der Waals surface area contributed by atoms with Gasteiger partial charge >= 0.3 is 0 Å². The quantitative estimate of drug-likeness (QED) is 0.874.